The van der Waals surface area contributed by atoms with Crippen LogP contribution in [0.4, 0.5) is 8.78 Å². The highest BCUT2D eigenvalue weighted by Gasteiger charge is 2.08. The first-order chi connectivity index (χ1) is 7.15. The lowest BCUT2D eigenvalue weighted by molar-refractivity contribution is 0.0941. The maximum Gasteiger partial charge on any atom is 0.130 e. The highest BCUT2D eigenvalue weighted by atomic mass is 19.1. The first-order valence-electron chi connectivity index (χ1n) is 4.57. The Bertz CT molecular complexity index is 300. The summed E-state index contributed by atoms with van der Waals surface area (Å²) in [5.41, 5.74) is -0.0670. The second-order valence-electron chi connectivity index (χ2n) is 3.17. The van der Waals surface area contributed by atoms with Gasteiger partial charge in [0.1, 0.15) is 11.6 Å². The van der Waals surface area contributed by atoms with Gasteiger partial charge in [-0.15, -0.1) is 0 Å². The Kier molecular flexibility index (Phi) is 4.61. The Morgan fingerprint density at radius 3 is 2.40 bits per heavy atom. The summed E-state index contributed by atoms with van der Waals surface area (Å²) in [7, 11) is 0. The van der Waals surface area contributed by atoms with Gasteiger partial charge >= 0.3 is 0 Å². The van der Waals surface area contributed by atoms with Gasteiger partial charge in [0, 0.05) is 18.7 Å². The molecule has 84 valence electrons. The number of aliphatic hydroxyl groups is 2. The van der Waals surface area contributed by atoms with E-state index in [2.05, 4.69) is 5.32 Å². The zero-order chi connectivity index (χ0) is 11.3. The van der Waals surface area contributed by atoms with E-state index in [4.69, 9.17) is 10.2 Å². The highest BCUT2D eigenvalue weighted by molar-refractivity contribution is 5.19. The number of hydrogen-bond donors (Lipinski definition) is 3. The zero-order valence-electron chi connectivity index (χ0n) is 8.08. The summed E-state index contributed by atoms with van der Waals surface area (Å²) < 4.78 is 26.1. The van der Waals surface area contributed by atoms with Crippen molar-refractivity contribution in [3.63, 3.8) is 0 Å². The number of aliphatic hydroxyl groups excluding tert-OH is 2. The summed E-state index contributed by atoms with van der Waals surface area (Å²) in [6.45, 7) is -0.313. The molecule has 0 spiro atoms. The minimum Gasteiger partial charge on any atom is -0.394 e. The molecule has 5 heteroatoms. The van der Waals surface area contributed by atoms with Crippen LogP contribution in [0.3, 0.4) is 0 Å². The molecule has 1 unspecified atom stereocenters. The van der Waals surface area contributed by atoms with E-state index in [1.807, 2.05) is 0 Å². The third kappa shape index (κ3) is 3.54. The van der Waals surface area contributed by atoms with Gasteiger partial charge in [-0.2, -0.15) is 0 Å². The van der Waals surface area contributed by atoms with E-state index in [-0.39, 0.29) is 25.3 Å². The van der Waals surface area contributed by atoms with Crippen LogP contribution < -0.4 is 5.32 Å². The molecule has 3 nitrogen and oxygen atoms in total. The molecule has 3 N–H and O–H groups in total. The maximum atomic E-state index is 13.1. The molecule has 1 atom stereocenters. The predicted octanol–water partition coefficient (Wildman–Crippen LogP) is 0.408. The van der Waals surface area contributed by atoms with Gasteiger partial charge in [-0.25, -0.2) is 8.78 Å². The summed E-state index contributed by atoms with van der Waals surface area (Å²) >= 11 is 0. The fourth-order valence-corrected chi connectivity index (χ4v) is 1.13. The number of hydrogen-bond acceptors (Lipinski definition) is 3. The average Bonchev–Trinajstić information content (AvgIpc) is 2.22. The highest BCUT2D eigenvalue weighted by Crippen LogP contribution is 2.11. The maximum absolute atomic E-state index is 13.1. The number of benzene rings is 1. The van der Waals surface area contributed by atoms with E-state index < -0.39 is 17.7 Å². The molecule has 1 rings (SSSR count). The first kappa shape index (κ1) is 12.0. The van der Waals surface area contributed by atoms with Crippen molar-refractivity contribution in [3.05, 3.63) is 35.4 Å². The molecule has 0 fully saturated rings. The normalized spacial score (nSPS) is 12.8. The topological polar surface area (TPSA) is 52.5 Å². The molecule has 0 radical (unpaired) electrons. The van der Waals surface area contributed by atoms with Crippen molar-refractivity contribution < 1.29 is 19.0 Å². The molecule has 0 saturated heterocycles. The Morgan fingerprint density at radius 2 is 1.87 bits per heavy atom. The number of nitrogens with one attached hydrogen (secondary N) is 1. The molecule has 0 amide bonds. The van der Waals surface area contributed by atoms with Crippen LogP contribution in [-0.4, -0.2) is 29.5 Å². The largest absolute Gasteiger partial charge is 0.394 e. The monoisotopic (exact) mass is 217 g/mol. The summed E-state index contributed by atoms with van der Waals surface area (Å²) in [6, 6.07) is 3.63. The molecule has 15 heavy (non-hydrogen) atoms. The van der Waals surface area contributed by atoms with E-state index in [9.17, 15) is 8.78 Å². The third-order valence-corrected chi connectivity index (χ3v) is 1.95. The summed E-state index contributed by atoms with van der Waals surface area (Å²) in [4.78, 5) is 0. The van der Waals surface area contributed by atoms with Gasteiger partial charge in [-0.05, 0) is 12.1 Å². The van der Waals surface area contributed by atoms with Crippen LogP contribution in [0, 0.1) is 11.6 Å². The Balaban J connectivity index is 2.50. The van der Waals surface area contributed by atoms with Crippen molar-refractivity contribution in [2.75, 3.05) is 13.2 Å². The van der Waals surface area contributed by atoms with E-state index in [1.54, 1.807) is 0 Å². The lowest BCUT2D eigenvalue weighted by Gasteiger charge is -2.09. The fourth-order valence-electron chi connectivity index (χ4n) is 1.13. The van der Waals surface area contributed by atoms with Gasteiger partial charge < -0.3 is 15.5 Å². The smallest absolute Gasteiger partial charge is 0.130 e. The van der Waals surface area contributed by atoms with Crippen molar-refractivity contribution in [1.29, 1.82) is 0 Å². The van der Waals surface area contributed by atoms with Gasteiger partial charge in [0.2, 0.25) is 0 Å². The van der Waals surface area contributed by atoms with E-state index in [0.29, 0.717) is 0 Å². The standard InChI is InChI=1S/C10H13F2NO2/c11-9-2-1-3-10(12)8(9)5-13-4-7(15)6-14/h1-3,7,13-15H,4-6H2. The molecule has 0 aliphatic heterocycles. The first-order valence-corrected chi connectivity index (χ1v) is 4.57. The summed E-state index contributed by atoms with van der Waals surface area (Å²) in [6.07, 6.45) is -0.917. The Labute approximate surface area is 86.4 Å². The number of halogens is 2. The van der Waals surface area contributed by atoms with Crippen LogP contribution in [0.2, 0.25) is 0 Å². The van der Waals surface area contributed by atoms with Crippen LogP contribution in [0.15, 0.2) is 18.2 Å². The van der Waals surface area contributed by atoms with E-state index in [0.717, 1.165) is 0 Å². The molecule has 0 aromatic heterocycles. The van der Waals surface area contributed by atoms with E-state index in [1.165, 1.54) is 18.2 Å². The predicted molar refractivity (Wildman–Crippen MR) is 51.2 cm³/mol. The molecule has 0 saturated carbocycles. The molecule has 1 aromatic carbocycles. The Hall–Kier alpha value is -1.04. The quantitative estimate of drug-likeness (QED) is 0.669. The summed E-state index contributed by atoms with van der Waals surface area (Å²) in [5.74, 6) is -1.25. The Morgan fingerprint density at radius 1 is 1.27 bits per heavy atom. The zero-order valence-corrected chi connectivity index (χ0v) is 8.08. The second-order valence-corrected chi connectivity index (χ2v) is 3.17. The van der Waals surface area contributed by atoms with Crippen molar-refractivity contribution in [3.8, 4) is 0 Å². The summed E-state index contributed by atoms with van der Waals surface area (Å²) in [5, 5.41) is 20.1. The van der Waals surface area contributed by atoms with Crippen LogP contribution in [0.5, 0.6) is 0 Å². The minimum absolute atomic E-state index is 0.0183. The molecule has 1 aromatic rings. The number of rotatable bonds is 5. The minimum atomic E-state index is -0.917. The van der Waals surface area contributed by atoms with Gasteiger partial charge in [-0.3, -0.25) is 0 Å². The SMILES string of the molecule is OCC(O)CNCc1c(F)cccc1F. The molecular formula is C10H13F2NO2. The van der Waals surface area contributed by atoms with Crippen LogP contribution in [0.1, 0.15) is 5.56 Å². The van der Waals surface area contributed by atoms with Crippen molar-refractivity contribution >= 4 is 0 Å². The third-order valence-electron chi connectivity index (χ3n) is 1.95. The van der Waals surface area contributed by atoms with Crippen LogP contribution >= 0.6 is 0 Å². The molecule has 0 aliphatic carbocycles. The van der Waals surface area contributed by atoms with Gasteiger partial charge in [0.05, 0.1) is 12.7 Å². The van der Waals surface area contributed by atoms with Crippen LogP contribution in [-0.2, 0) is 6.54 Å². The lowest BCUT2D eigenvalue weighted by atomic mass is 10.2. The van der Waals surface area contributed by atoms with E-state index >= 15 is 0 Å². The van der Waals surface area contributed by atoms with Crippen molar-refractivity contribution in [2.45, 2.75) is 12.6 Å². The van der Waals surface area contributed by atoms with Gasteiger partial charge in [-0.1, -0.05) is 6.07 Å². The van der Waals surface area contributed by atoms with Gasteiger partial charge in [0.15, 0.2) is 0 Å². The average molecular weight is 217 g/mol. The van der Waals surface area contributed by atoms with Crippen molar-refractivity contribution in [1.82, 2.24) is 5.32 Å². The second kappa shape index (κ2) is 5.75. The fraction of sp³-hybridized carbons (Fsp3) is 0.400. The molecule has 0 heterocycles. The molecular weight excluding hydrogens is 204 g/mol. The molecule has 0 aliphatic rings. The van der Waals surface area contributed by atoms with Crippen LogP contribution in [0.25, 0.3) is 0 Å². The van der Waals surface area contributed by atoms with Gasteiger partial charge in [0.25, 0.3) is 0 Å². The lowest BCUT2D eigenvalue weighted by Crippen LogP contribution is -2.29. The molecule has 0 bridgehead atoms. The van der Waals surface area contributed by atoms with Crippen molar-refractivity contribution in [2.24, 2.45) is 0 Å².